The number of nitrogens with two attached hydrogens (primary N) is 1. The number of carbonyl (C=O) groups excluding carboxylic acids is 1. The van der Waals surface area contributed by atoms with Crippen molar-refractivity contribution in [2.45, 2.75) is 19.0 Å². The number of hydrogen-bond donors (Lipinski definition) is 2. The molecular weight excluding hydrogens is 281 g/mol. The van der Waals surface area contributed by atoms with Crippen molar-refractivity contribution < 1.29 is 18.0 Å². The van der Waals surface area contributed by atoms with Crippen molar-refractivity contribution in [2.75, 3.05) is 13.1 Å². The van der Waals surface area contributed by atoms with Crippen LogP contribution in [0.25, 0.3) is 0 Å². The Hall–Kier alpha value is -1.27. The average molecular weight is 297 g/mol. The zero-order valence-corrected chi connectivity index (χ0v) is 11.0. The lowest BCUT2D eigenvalue weighted by atomic mass is 10.1. The molecule has 0 atom stereocenters. The summed E-state index contributed by atoms with van der Waals surface area (Å²) >= 11 is 0. The fraction of sp³-hybridized carbons (Fsp3) is 0.417. The summed E-state index contributed by atoms with van der Waals surface area (Å²) in [5, 5.41) is 2.55. The molecule has 19 heavy (non-hydrogen) atoms. The molecule has 1 rings (SSSR count). The minimum atomic E-state index is -4.43. The fourth-order valence-corrected chi connectivity index (χ4v) is 1.41. The van der Waals surface area contributed by atoms with Crippen LogP contribution >= 0.6 is 12.4 Å². The van der Waals surface area contributed by atoms with Crippen LogP contribution in [-0.4, -0.2) is 19.0 Å². The maximum Gasteiger partial charge on any atom is 0.416 e. The summed E-state index contributed by atoms with van der Waals surface area (Å²) in [4.78, 5) is 11.6. The Bertz CT molecular complexity index is 410. The van der Waals surface area contributed by atoms with E-state index >= 15 is 0 Å². The molecule has 0 heterocycles. The van der Waals surface area contributed by atoms with E-state index in [1.807, 2.05) is 0 Å². The number of carbonyl (C=O) groups is 1. The molecule has 3 nitrogen and oxygen atoms in total. The first-order valence-corrected chi connectivity index (χ1v) is 5.60. The van der Waals surface area contributed by atoms with E-state index in [-0.39, 0.29) is 18.0 Å². The normalized spacial score (nSPS) is 10.7. The minimum absolute atomic E-state index is 0. The standard InChI is InChI=1S/C12H15F3N2O.ClH/c13-12(14,15)10-5-3-4-9(8-10)11(18)17-7-2-1-6-16;/h3-5,8H,1-2,6-7,16H2,(H,17,18);1H. The number of benzene rings is 1. The summed E-state index contributed by atoms with van der Waals surface area (Å²) in [5.74, 6) is -0.502. The van der Waals surface area contributed by atoms with E-state index in [2.05, 4.69) is 5.32 Å². The highest BCUT2D eigenvalue weighted by atomic mass is 35.5. The molecule has 7 heteroatoms. The third kappa shape index (κ3) is 5.94. The maximum atomic E-state index is 12.4. The van der Waals surface area contributed by atoms with Gasteiger partial charge in [-0.15, -0.1) is 12.4 Å². The van der Waals surface area contributed by atoms with Gasteiger partial charge in [0, 0.05) is 12.1 Å². The molecule has 0 aliphatic rings. The van der Waals surface area contributed by atoms with Crippen molar-refractivity contribution in [3.8, 4) is 0 Å². The van der Waals surface area contributed by atoms with E-state index in [1.54, 1.807) is 0 Å². The van der Waals surface area contributed by atoms with Crippen LogP contribution in [0.5, 0.6) is 0 Å². The highest BCUT2D eigenvalue weighted by Gasteiger charge is 2.30. The first-order chi connectivity index (χ1) is 8.45. The Labute approximate surface area is 115 Å². The molecule has 0 fully saturated rings. The van der Waals surface area contributed by atoms with E-state index in [0.29, 0.717) is 19.5 Å². The van der Waals surface area contributed by atoms with Gasteiger partial charge in [0.25, 0.3) is 5.91 Å². The highest BCUT2D eigenvalue weighted by molar-refractivity contribution is 5.94. The third-order valence-electron chi connectivity index (χ3n) is 2.37. The molecule has 3 N–H and O–H groups in total. The topological polar surface area (TPSA) is 55.1 Å². The van der Waals surface area contributed by atoms with E-state index in [4.69, 9.17) is 5.73 Å². The summed E-state index contributed by atoms with van der Waals surface area (Å²) in [6, 6.07) is 4.36. The van der Waals surface area contributed by atoms with E-state index < -0.39 is 17.6 Å². The summed E-state index contributed by atoms with van der Waals surface area (Å²) < 4.78 is 37.3. The lowest BCUT2D eigenvalue weighted by Gasteiger charge is -2.09. The number of halogens is 4. The van der Waals surface area contributed by atoms with Crippen molar-refractivity contribution >= 4 is 18.3 Å². The van der Waals surface area contributed by atoms with Gasteiger partial charge < -0.3 is 11.1 Å². The lowest BCUT2D eigenvalue weighted by molar-refractivity contribution is -0.137. The fourth-order valence-electron chi connectivity index (χ4n) is 1.41. The molecule has 108 valence electrons. The zero-order valence-electron chi connectivity index (χ0n) is 10.2. The van der Waals surface area contributed by atoms with Crippen LogP contribution in [0.2, 0.25) is 0 Å². The first-order valence-electron chi connectivity index (χ1n) is 5.60. The second-order valence-corrected chi connectivity index (χ2v) is 3.83. The first kappa shape index (κ1) is 17.7. The van der Waals surface area contributed by atoms with E-state index in [9.17, 15) is 18.0 Å². The Morgan fingerprint density at radius 2 is 1.95 bits per heavy atom. The second-order valence-electron chi connectivity index (χ2n) is 3.83. The van der Waals surface area contributed by atoms with Gasteiger partial charge in [-0.05, 0) is 37.6 Å². The summed E-state index contributed by atoms with van der Waals surface area (Å²) in [6.07, 6.45) is -2.96. The number of rotatable bonds is 5. The molecule has 1 aromatic carbocycles. The van der Waals surface area contributed by atoms with Gasteiger partial charge in [-0.1, -0.05) is 6.07 Å². The van der Waals surface area contributed by atoms with E-state index in [1.165, 1.54) is 12.1 Å². The highest BCUT2D eigenvalue weighted by Crippen LogP contribution is 2.29. The van der Waals surface area contributed by atoms with Crippen LogP contribution in [0.4, 0.5) is 13.2 Å². The molecule has 0 spiro atoms. The van der Waals surface area contributed by atoms with Crippen LogP contribution in [-0.2, 0) is 6.18 Å². The van der Waals surface area contributed by atoms with Crippen LogP contribution in [0.3, 0.4) is 0 Å². The Morgan fingerprint density at radius 1 is 1.26 bits per heavy atom. The molecule has 0 aromatic heterocycles. The lowest BCUT2D eigenvalue weighted by Crippen LogP contribution is -2.25. The quantitative estimate of drug-likeness (QED) is 0.821. The van der Waals surface area contributed by atoms with Gasteiger partial charge in [0.2, 0.25) is 0 Å². The van der Waals surface area contributed by atoms with Crippen molar-refractivity contribution in [1.29, 1.82) is 0 Å². The number of amides is 1. The van der Waals surface area contributed by atoms with Crippen molar-refractivity contribution in [3.63, 3.8) is 0 Å². The predicted octanol–water partition coefficient (Wildman–Crippen LogP) is 2.60. The van der Waals surface area contributed by atoms with Gasteiger partial charge in [0.05, 0.1) is 5.56 Å². The van der Waals surface area contributed by atoms with Crippen molar-refractivity contribution in [1.82, 2.24) is 5.32 Å². The van der Waals surface area contributed by atoms with Crippen LogP contribution in [0.15, 0.2) is 24.3 Å². The molecule has 1 aromatic rings. The average Bonchev–Trinajstić information content (AvgIpc) is 2.33. The maximum absolute atomic E-state index is 12.4. The second kappa shape index (κ2) is 8.01. The van der Waals surface area contributed by atoms with Gasteiger partial charge in [0.1, 0.15) is 0 Å². The molecule has 1 amide bonds. The largest absolute Gasteiger partial charge is 0.416 e. The summed E-state index contributed by atoms with van der Waals surface area (Å²) in [6.45, 7) is 0.936. The molecule has 0 radical (unpaired) electrons. The number of alkyl halides is 3. The number of hydrogen-bond acceptors (Lipinski definition) is 2. The van der Waals surface area contributed by atoms with Gasteiger partial charge in [-0.2, -0.15) is 13.2 Å². The molecular formula is C12H16ClF3N2O. The Balaban J connectivity index is 0.00000324. The van der Waals surface area contributed by atoms with Crippen molar-refractivity contribution in [3.05, 3.63) is 35.4 Å². The van der Waals surface area contributed by atoms with Crippen LogP contribution in [0, 0.1) is 0 Å². The predicted molar refractivity (Wildman–Crippen MR) is 69.3 cm³/mol. The zero-order chi connectivity index (χ0) is 13.6. The van der Waals surface area contributed by atoms with Crippen LogP contribution < -0.4 is 11.1 Å². The molecule has 0 bridgehead atoms. The molecule has 0 saturated carbocycles. The van der Waals surface area contributed by atoms with Gasteiger partial charge >= 0.3 is 6.18 Å². The number of nitrogens with one attached hydrogen (secondary N) is 1. The Morgan fingerprint density at radius 3 is 2.53 bits per heavy atom. The smallest absolute Gasteiger partial charge is 0.352 e. The molecule has 0 saturated heterocycles. The monoisotopic (exact) mass is 296 g/mol. The summed E-state index contributed by atoms with van der Waals surface area (Å²) in [5.41, 5.74) is 4.48. The Kier molecular flexibility index (Phi) is 7.48. The third-order valence-corrected chi connectivity index (χ3v) is 2.37. The van der Waals surface area contributed by atoms with Gasteiger partial charge in [-0.3, -0.25) is 4.79 Å². The minimum Gasteiger partial charge on any atom is -0.352 e. The van der Waals surface area contributed by atoms with Crippen LogP contribution in [0.1, 0.15) is 28.8 Å². The summed E-state index contributed by atoms with van der Waals surface area (Å²) in [7, 11) is 0. The SMILES string of the molecule is Cl.NCCCCNC(=O)c1cccc(C(F)(F)F)c1. The van der Waals surface area contributed by atoms with Gasteiger partial charge in [-0.25, -0.2) is 0 Å². The molecule has 0 aliphatic carbocycles. The van der Waals surface area contributed by atoms with Gasteiger partial charge in [0.15, 0.2) is 0 Å². The molecule has 0 unspecified atom stereocenters. The van der Waals surface area contributed by atoms with Crippen molar-refractivity contribution in [2.24, 2.45) is 5.73 Å². The molecule has 0 aliphatic heterocycles. The van der Waals surface area contributed by atoms with E-state index in [0.717, 1.165) is 18.6 Å². The number of unbranched alkanes of at least 4 members (excludes halogenated alkanes) is 1.